The van der Waals surface area contributed by atoms with Crippen LogP contribution in [-0.4, -0.2) is 79.1 Å². The summed E-state index contributed by atoms with van der Waals surface area (Å²) in [7, 11) is 0. The largest absolute Gasteiger partial charge is 0.471 e. The van der Waals surface area contributed by atoms with Gasteiger partial charge in [-0.05, 0) is 18.8 Å². The van der Waals surface area contributed by atoms with Crippen molar-refractivity contribution in [3.63, 3.8) is 0 Å². The molecule has 0 aromatic rings. The molecule has 0 saturated carbocycles. The smallest absolute Gasteiger partial charge is 0.378 e. The zero-order valence-electron chi connectivity index (χ0n) is 15.6. The topological polar surface area (TPSA) is 79.0 Å². The maximum Gasteiger partial charge on any atom is 0.471 e. The summed E-state index contributed by atoms with van der Waals surface area (Å²) in [5.74, 6) is -3.04. The van der Waals surface area contributed by atoms with E-state index in [-0.39, 0.29) is 43.7 Å². The number of carbonyl (C=O) groups is 3. The summed E-state index contributed by atoms with van der Waals surface area (Å²) in [6.45, 7) is 5.25. The molecule has 10 heteroatoms. The van der Waals surface area contributed by atoms with Crippen molar-refractivity contribution in [3.8, 4) is 0 Å². The molecule has 0 bridgehead atoms. The first-order chi connectivity index (χ1) is 12.6. The minimum absolute atomic E-state index is 0.125. The first-order valence-electron chi connectivity index (χ1n) is 9.14. The average Bonchev–Trinajstić information content (AvgIpc) is 2.64. The van der Waals surface area contributed by atoms with E-state index < -0.39 is 24.0 Å². The lowest BCUT2D eigenvalue weighted by Gasteiger charge is -2.35. The highest BCUT2D eigenvalue weighted by molar-refractivity contribution is 5.89. The first-order valence-corrected chi connectivity index (χ1v) is 9.14. The van der Waals surface area contributed by atoms with E-state index >= 15 is 0 Å². The fourth-order valence-electron chi connectivity index (χ4n) is 3.29. The molecule has 154 valence electrons. The fourth-order valence-corrected chi connectivity index (χ4v) is 3.29. The number of halogens is 3. The van der Waals surface area contributed by atoms with Gasteiger partial charge in [-0.15, -0.1) is 0 Å². The molecule has 0 radical (unpaired) electrons. The van der Waals surface area contributed by atoms with Gasteiger partial charge in [0.25, 0.3) is 0 Å². The van der Waals surface area contributed by atoms with Crippen molar-refractivity contribution in [3.05, 3.63) is 0 Å². The van der Waals surface area contributed by atoms with Gasteiger partial charge in [-0.3, -0.25) is 14.4 Å². The van der Waals surface area contributed by atoms with Gasteiger partial charge >= 0.3 is 12.1 Å². The average molecular weight is 393 g/mol. The summed E-state index contributed by atoms with van der Waals surface area (Å²) in [4.78, 5) is 38.9. The van der Waals surface area contributed by atoms with Crippen LogP contribution in [-0.2, 0) is 19.1 Å². The molecule has 0 aromatic carbocycles. The quantitative estimate of drug-likeness (QED) is 0.766. The third-order valence-electron chi connectivity index (χ3n) is 4.95. The van der Waals surface area contributed by atoms with Crippen molar-refractivity contribution in [2.45, 2.75) is 38.9 Å². The molecular formula is C17H26F3N3O4. The van der Waals surface area contributed by atoms with E-state index in [0.717, 1.165) is 4.90 Å². The zero-order valence-corrected chi connectivity index (χ0v) is 15.6. The highest BCUT2D eigenvalue weighted by Gasteiger charge is 2.44. The number of nitrogens with zero attached hydrogens (tertiary/aromatic N) is 2. The van der Waals surface area contributed by atoms with Crippen LogP contribution in [0.2, 0.25) is 0 Å². The fraction of sp³-hybridized carbons (Fsp3) is 0.824. The van der Waals surface area contributed by atoms with Gasteiger partial charge in [0.1, 0.15) is 6.04 Å². The number of piperidine rings is 1. The molecule has 3 amide bonds. The number of rotatable bonds is 4. The summed E-state index contributed by atoms with van der Waals surface area (Å²) < 4.78 is 42.7. The highest BCUT2D eigenvalue weighted by atomic mass is 19.4. The van der Waals surface area contributed by atoms with Gasteiger partial charge in [0.05, 0.1) is 13.2 Å². The van der Waals surface area contributed by atoms with Gasteiger partial charge in [-0.2, -0.15) is 13.2 Å². The van der Waals surface area contributed by atoms with Gasteiger partial charge in [-0.1, -0.05) is 13.8 Å². The normalized spacial score (nSPS) is 20.5. The number of nitrogens with one attached hydrogen (secondary N) is 1. The van der Waals surface area contributed by atoms with Crippen molar-refractivity contribution in [2.24, 2.45) is 11.8 Å². The highest BCUT2D eigenvalue weighted by Crippen LogP contribution is 2.24. The number of morpholine rings is 1. The van der Waals surface area contributed by atoms with Gasteiger partial charge in [0.2, 0.25) is 11.8 Å². The molecule has 2 aliphatic rings. The molecule has 2 heterocycles. The Morgan fingerprint density at radius 2 is 1.56 bits per heavy atom. The predicted molar refractivity (Wildman–Crippen MR) is 89.5 cm³/mol. The van der Waals surface area contributed by atoms with Crippen LogP contribution in [0.25, 0.3) is 0 Å². The second-order valence-electron chi connectivity index (χ2n) is 7.23. The van der Waals surface area contributed by atoms with Crippen LogP contribution in [0.1, 0.15) is 26.7 Å². The number of hydrogen-bond acceptors (Lipinski definition) is 4. The van der Waals surface area contributed by atoms with Crippen molar-refractivity contribution in [1.29, 1.82) is 0 Å². The number of ether oxygens (including phenoxy) is 1. The molecule has 2 fully saturated rings. The van der Waals surface area contributed by atoms with Crippen molar-refractivity contribution < 1.29 is 32.3 Å². The van der Waals surface area contributed by atoms with E-state index in [1.807, 2.05) is 13.8 Å². The molecule has 0 aromatic heterocycles. The van der Waals surface area contributed by atoms with E-state index in [2.05, 4.69) is 5.32 Å². The Morgan fingerprint density at radius 3 is 2.04 bits per heavy atom. The van der Waals surface area contributed by atoms with Gasteiger partial charge in [0.15, 0.2) is 0 Å². The van der Waals surface area contributed by atoms with Crippen LogP contribution < -0.4 is 5.32 Å². The Bertz CT molecular complexity index is 554. The summed E-state index contributed by atoms with van der Waals surface area (Å²) in [5, 5.41) is 2.76. The lowest BCUT2D eigenvalue weighted by Crippen LogP contribution is -2.55. The Morgan fingerprint density at radius 1 is 1.00 bits per heavy atom. The molecule has 1 atom stereocenters. The first kappa shape index (κ1) is 21.5. The third kappa shape index (κ3) is 5.57. The number of carbonyl (C=O) groups excluding carboxylic acids is 3. The SMILES string of the molecule is CC(C)[C@H](NC(=O)C1CCN(C(=O)C(F)(F)F)CC1)C(=O)N1CCOCC1. The van der Waals surface area contributed by atoms with Crippen LogP contribution in [0.5, 0.6) is 0 Å². The zero-order chi connectivity index (χ0) is 20.2. The molecule has 2 saturated heterocycles. The minimum atomic E-state index is -4.90. The monoisotopic (exact) mass is 393 g/mol. The summed E-state index contributed by atoms with van der Waals surface area (Å²) in [6.07, 6.45) is -4.61. The van der Waals surface area contributed by atoms with Gasteiger partial charge in [0, 0.05) is 32.1 Å². The van der Waals surface area contributed by atoms with E-state index in [1.165, 1.54) is 0 Å². The second-order valence-corrected chi connectivity index (χ2v) is 7.23. The van der Waals surface area contributed by atoms with Crippen LogP contribution in [0.15, 0.2) is 0 Å². The van der Waals surface area contributed by atoms with Crippen LogP contribution in [0.4, 0.5) is 13.2 Å². The summed E-state index contributed by atoms with van der Waals surface area (Å²) in [5.41, 5.74) is 0. The summed E-state index contributed by atoms with van der Waals surface area (Å²) >= 11 is 0. The molecule has 0 spiro atoms. The van der Waals surface area contributed by atoms with E-state index in [4.69, 9.17) is 4.74 Å². The second kappa shape index (κ2) is 8.90. The lowest BCUT2D eigenvalue weighted by atomic mass is 9.94. The maximum absolute atomic E-state index is 12.7. The maximum atomic E-state index is 12.7. The molecule has 7 nitrogen and oxygen atoms in total. The number of hydrogen-bond donors (Lipinski definition) is 1. The van der Waals surface area contributed by atoms with E-state index in [1.54, 1.807) is 4.90 Å². The number of amides is 3. The van der Waals surface area contributed by atoms with Crippen molar-refractivity contribution in [1.82, 2.24) is 15.1 Å². The Hall–Kier alpha value is -1.84. The standard InChI is InChI=1S/C17H26F3N3O4/c1-11(2)13(15(25)22-7-9-27-10-8-22)21-14(24)12-3-5-23(6-4-12)16(26)17(18,19)20/h11-13H,3-10H2,1-2H3,(H,21,24)/t13-/m0/s1. The van der Waals surface area contributed by atoms with Gasteiger partial charge < -0.3 is 19.9 Å². The van der Waals surface area contributed by atoms with Crippen LogP contribution >= 0.6 is 0 Å². The Balaban J connectivity index is 1.91. The molecule has 0 unspecified atom stereocenters. The van der Waals surface area contributed by atoms with Gasteiger partial charge in [-0.25, -0.2) is 0 Å². The van der Waals surface area contributed by atoms with E-state index in [0.29, 0.717) is 26.3 Å². The van der Waals surface area contributed by atoms with Crippen LogP contribution in [0.3, 0.4) is 0 Å². The molecule has 27 heavy (non-hydrogen) atoms. The number of alkyl halides is 3. The minimum Gasteiger partial charge on any atom is -0.378 e. The Labute approximate surface area is 156 Å². The third-order valence-corrected chi connectivity index (χ3v) is 4.95. The molecular weight excluding hydrogens is 367 g/mol. The summed E-state index contributed by atoms with van der Waals surface area (Å²) in [6, 6.07) is -0.689. The molecule has 0 aliphatic carbocycles. The van der Waals surface area contributed by atoms with Crippen LogP contribution in [0, 0.1) is 11.8 Å². The Kier molecular flexibility index (Phi) is 7.07. The van der Waals surface area contributed by atoms with Crippen molar-refractivity contribution in [2.75, 3.05) is 39.4 Å². The van der Waals surface area contributed by atoms with E-state index in [9.17, 15) is 27.6 Å². The van der Waals surface area contributed by atoms with Crippen molar-refractivity contribution >= 4 is 17.7 Å². The molecule has 1 N–H and O–H groups in total. The predicted octanol–water partition coefficient (Wildman–Crippen LogP) is 0.787. The lowest BCUT2D eigenvalue weighted by molar-refractivity contribution is -0.186. The molecule has 2 aliphatic heterocycles. The molecule has 2 rings (SSSR count). The number of likely N-dealkylation sites (tertiary alicyclic amines) is 1.